The first kappa shape index (κ1) is 19.9. The zero-order valence-corrected chi connectivity index (χ0v) is 16.3. The van der Waals surface area contributed by atoms with E-state index < -0.39 is 5.97 Å². The molecule has 0 atom stereocenters. The SMILES string of the molecule is COC(=O)c1c(NC(=O)CN(C)CCOc2ccccc2)sc(C)c1C. The van der Waals surface area contributed by atoms with Gasteiger partial charge in [0.15, 0.2) is 0 Å². The lowest BCUT2D eigenvalue weighted by Gasteiger charge is -2.16. The Kier molecular flexibility index (Phi) is 7.17. The van der Waals surface area contributed by atoms with E-state index in [0.717, 1.165) is 16.2 Å². The maximum Gasteiger partial charge on any atom is 0.341 e. The summed E-state index contributed by atoms with van der Waals surface area (Å²) in [5, 5.41) is 3.36. The molecule has 7 heteroatoms. The molecule has 1 heterocycles. The Hall–Kier alpha value is -2.38. The number of benzene rings is 1. The van der Waals surface area contributed by atoms with E-state index in [1.54, 1.807) is 0 Å². The van der Waals surface area contributed by atoms with Gasteiger partial charge < -0.3 is 14.8 Å². The standard InChI is InChI=1S/C19H24N2O4S/c1-13-14(2)26-18(17(13)19(23)24-4)20-16(22)12-21(3)10-11-25-15-8-6-5-7-9-15/h5-9H,10-12H2,1-4H3,(H,20,22). The normalized spacial score (nSPS) is 10.7. The fourth-order valence-electron chi connectivity index (χ4n) is 2.39. The highest BCUT2D eigenvalue weighted by Crippen LogP contribution is 2.32. The summed E-state index contributed by atoms with van der Waals surface area (Å²) in [5.41, 5.74) is 1.26. The number of nitrogens with one attached hydrogen (secondary N) is 1. The van der Waals surface area contributed by atoms with E-state index in [9.17, 15) is 9.59 Å². The van der Waals surface area contributed by atoms with Crippen molar-refractivity contribution >= 4 is 28.2 Å². The van der Waals surface area contributed by atoms with Crippen molar-refractivity contribution in [1.29, 1.82) is 0 Å². The van der Waals surface area contributed by atoms with Crippen LogP contribution in [0.5, 0.6) is 5.75 Å². The van der Waals surface area contributed by atoms with Gasteiger partial charge in [0.1, 0.15) is 17.4 Å². The molecule has 0 fully saturated rings. The third-order valence-corrected chi connectivity index (χ3v) is 5.05. The molecule has 1 N–H and O–H groups in total. The van der Waals surface area contributed by atoms with Crippen molar-refractivity contribution in [3.05, 3.63) is 46.3 Å². The zero-order chi connectivity index (χ0) is 19.1. The van der Waals surface area contributed by atoms with Gasteiger partial charge >= 0.3 is 5.97 Å². The first-order chi connectivity index (χ1) is 12.4. The van der Waals surface area contributed by atoms with Gasteiger partial charge in [-0.05, 0) is 38.6 Å². The Morgan fingerprint density at radius 2 is 1.88 bits per heavy atom. The summed E-state index contributed by atoms with van der Waals surface area (Å²) in [6, 6.07) is 9.54. The first-order valence-electron chi connectivity index (χ1n) is 8.27. The fraction of sp³-hybridized carbons (Fsp3) is 0.368. The topological polar surface area (TPSA) is 67.9 Å². The second-order valence-electron chi connectivity index (χ2n) is 5.93. The number of hydrogen-bond acceptors (Lipinski definition) is 6. The van der Waals surface area contributed by atoms with Gasteiger partial charge in [0, 0.05) is 11.4 Å². The van der Waals surface area contributed by atoms with Gasteiger partial charge in [-0.15, -0.1) is 11.3 Å². The van der Waals surface area contributed by atoms with E-state index in [1.807, 2.05) is 56.1 Å². The van der Waals surface area contributed by atoms with Crippen molar-refractivity contribution in [1.82, 2.24) is 4.90 Å². The number of anilines is 1. The van der Waals surface area contributed by atoms with Crippen LogP contribution >= 0.6 is 11.3 Å². The maximum atomic E-state index is 12.3. The molecule has 0 saturated heterocycles. The lowest BCUT2D eigenvalue weighted by Crippen LogP contribution is -2.33. The summed E-state index contributed by atoms with van der Waals surface area (Å²) in [6.45, 7) is 5.05. The van der Waals surface area contributed by atoms with Gasteiger partial charge in [-0.3, -0.25) is 9.69 Å². The van der Waals surface area contributed by atoms with Gasteiger partial charge in [-0.25, -0.2) is 4.79 Å². The number of ether oxygens (including phenoxy) is 2. The average Bonchev–Trinajstić information content (AvgIpc) is 2.88. The van der Waals surface area contributed by atoms with E-state index in [0.29, 0.717) is 23.7 Å². The van der Waals surface area contributed by atoms with Gasteiger partial charge in [0.05, 0.1) is 19.2 Å². The second kappa shape index (κ2) is 9.35. The second-order valence-corrected chi connectivity index (χ2v) is 7.15. The Bertz CT molecular complexity index is 758. The van der Waals surface area contributed by atoms with E-state index in [4.69, 9.17) is 9.47 Å². The lowest BCUT2D eigenvalue weighted by atomic mass is 10.1. The number of rotatable bonds is 8. The third-order valence-electron chi connectivity index (χ3n) is 3.93. The molecular weight excluding hydrogens is 352 g/mol. The van der Waals surface area contributed by atoms with Crippen LogP contribution in [0.3, 0.4) is 0 Å². The van der Waals surface area contributed by atoms with Crippen LogP contribution in [0.2, 0.25) is 0 Å². The molecule has 2 rings (SSSR count). The monoisotopic (exact) mass is 376 g/mol. The van der Waals surface area contributed by atoms with E-state index in [1.165, 1.54) is 18.4 Å². The van der Waals surface area contributed by atoms with Crippen molar-refractivity contribution < 1.29 is 19.1 Å². The number of carbonyl (C=O) groups is 2. The number of likely N-dealkylation sites (N-methyl/N-ethyl adjacent to an activating group) is 1. The summed E-state index contributed by atoms with van der Waals surface area (Å²) in [7, 11) is 3.18. The Labute approximate surface area is 157 Å². The van der Waals surface area contributed by atoms with Gasteiger partial charge in [-0.1, -0.05) is 18.2 Å². The predicted molar refractivity (Wildman–Crippen MR) is 103 cm³/mol. The minimum absolute atomic E-state index is 0.182. The number of nitrogens with zero attached hydrogens (tertiary/aromatic N) is 1. The van der Waals surface area contributed by atoms with Gasteiger partial charge in [0.25, 0.3) is 0 Å². The van der Waals surface area contributed by atoms with Crippen LogP contribution in [-0.4, -0.2) is 50.6 Å². The van der Waals surface area contributed by atoms with Crippen LogP contribution in [0.25, 0.3) is 0 Å². The molecule has 0 spiro atoms. The molecule has 0 radical (unpaired) electrons. The van der Waals surface area contributed by atoms with Gasteiger partial charge in [-0.2, -0.15) is 0 Å². The van der Waals surface area contributed by atoms with Crippen LogP contribution in [-0.2, 0) is 9.53 Å². The van der Waals surface area contributed by atoms with Crippen LogP contribution in [0, 0.1) is 13.8 Å². The van der Waals surface area contributed by atoms with Crippen LogP contribution in [0.4, 0.5) is 5.00 Å². The zero-order valence-electron chi connectivity index (χ0n) is 15.5. The molecule has 0 saturated carbocycles. The molecule has 2 aromatic rings. The van der Waals surface area contributed by atoms with Crippen LogP contribution < -0.4 is 10.1 Å². The minimum Gasteiger partial charge on any atom is -0.492 e. The minimum atomic E-state index is -0.438. The number of amides is 1. The number of thiophene rings is 1. The number of para-hydroxylation sites is 1. The molecule has 140 valence electrons. The number of methoxy groups -OCH3 is 1. The Morgan fingerprint density at radius 3 is 2.54 bits per heavy atom. The molecule has 26 heavy (non-hydrogen) atoms. The number of esters is 1. The quantitative estimate of drug-likeness (QED) is 0.717. The molecule has 6 nitrogen and oxygen atoms in total. The average molecular weight is 376 g/mol. The van der Waals surface area contributed by atoms with Crippen molar-refractivity contribution in [2.45, 2.75) is 13.8 Å². The molecule has 0 aliphatic rings. The summed E-state index contributed by atoms with van der Waals surface area (Å²) in [6.07, 6.45) is 0. The molecule has 1 aromatic heterocycles. The van der Waals surface area contributed by atoms with Crippen molar-refractivity contribution in [3.63, 3.8) is 0 Å². The largest absolute Gasteiger partial charge is 0.492 e. The number of hydrogen-bond donors (Lipinski definition) is 1. The maximum absolute atomic E-state index is 12.3. The first-order valence-corrected chi connectivity index (χ1v) is 9.08. The lowest BCUT2D eigenvalue weighted by molar-refractivity contribution is -0.117. The third kappa shape index (κ3) is 5.31. The molecule has 0 unspecified atom stereocenters. The van der Waals surface area contributed by atoms with Crippen LogP contribution in [0.1, 0.15) is 20.8 Å². The summed E-state index contributed by atoms with van der Waals surface area (Å²) < 4.78 is 10.4. The van der Waals surface area contributed by atoms with E-state index in [2.05, 4.69) is 5.32 Å². The predicted octanol–water partition coefficient (Wildman–Crippen LogP) is 3.10. The fourth-order valence-corrected chi connectivity index (χ4v) is 3.45. The van der Waals surface area contributed by atoms with E-state index in [-0.39, 0.29) is 12.5 Å². The summed E-state index contributed by atoms with van der Waals surface area (Å²) in [4.78, 5) is 27.1. The molecular formula is C19H24N2O4S. The Morgan fingerprint density at radius 1 is 1.19 bits per heavy atom. The number of carbonyl (C=O) groups excluding carboxylic acids is 2. The summed E-state index contributed by atoms with van der Waals surface area (Å²) >= 11 is 1.38. The van der Waals surface area contributed by atoms with E-state index >= 15 is 0 Å². The number of aryl methyl sites for hydroxylation is 1. The van der Waals surface area contributed by atoms with Crippen LogP contribution in [0.15, 0.2) is 30.3 Å². The van der Waals surface area contributed by atoms with Gasteiger partial charge in [0.2, 0.25) is 5.91 Å². The van der Waals surface area contributed by atoms with Crippen molar-refractivity contribution in [2.24, 2.45) is 0 Å². The highest BCUT2D eigenvalue weighted by Gasteiger charge is 2.21. The molecule has 1 aromatic carbocycles. The highest BCUT2D eigenvalue weighted by atomic mass is 32.1. The smallest absolute Gasteiger partial charge is 0.341 e. The molecule has 0 aliphatic heterocycles. The van der Waals surface area contributed by atoms with Crippen molar-refractivity contribution in [2.75, 3.05) is 39.2 Å². The molecule has 0 bridgehead atoms. The summed E-state index contributed by atoms with van der Waals surface area (Å²) in [5.74, 6) is 0.183. The molecule has 0 aliphatic carbocycles. The van der Waals surface area contributed by atoms with Crippen molar-refractivity contribution in [3.8, 4) is 5.75 Å². The highest BCUT2D eigenvalue weighted by molar-refractivity contribution is 7.16. The molecule has 1 amide bonds. The Balaban J connectivity index is 1.86.